The molecule has 2 rings (SSSR count). The number of nitrogens with zero attached hydrogens (tertiary/aromatic N) is 2. The van der Waals surface area contributed by atoms with E-state index in [0.717, 1.165) is 23.4 Å². The molecule has 0 aliphatic rings. The summed E-state index contributed by atoms with van der Waals surface area (Å²) in [6, 6.07) is 8.98. The van der Waals surface area contributed by atoms with Gasteiger partial charge in [-0.25, -0.2) is 4.79 Å². The van der Waals surface area contributed by atoms with Crippen molar-refractivity contribution in [2.24, 2.45) is 0 Å². The second-order valence-electron chi connectivity index (χ2n) is 5.67. The fraction of sp³-hybridized carbons (Fsp3) is 0.412. The molecule has 0 saturated carbocycles. The number of rotatable bonds is 9. The van der Waals surface area contributed by atoms with Gasteiger partial charge in [-0.1, -0.05) is 48.6 Å². The van der Waals surface area contributed by atoms with E-state index in [4.69, 9.17) is 5.11 Å². The van der Waals surface area contributed by atoms with Crippen LogP contribution in [0.1, 0.15) is 36.8 Å². The fourth-order valence-corrected chi connectivity index (χ4v) is 3.20. The number of carboxylic acid groups (broad SMARTS) is 1. The molecule has 1 unspecified atom stereocenters. The third-order valence-electron chi connectivity index (χ3n) is 3.52. The highest BCUT2D eigenvalue weighted by Crippen LogP contribution is 2.16. The average Bonchev–Trinajstić information content (AvgIpc) is 3.01. The lowest BCUT2D eigenvalue weighted by atomic mass is 10.0. The van der Waals surface area contributed by atoms with Crippen LogP contribution in [0.3, 0.4) is 0 Å². The van der Waals surface area contributed by atoms with Crippen molar-refractivity contribution >= 4 is 28.5 Å². The van der Waals surface area contributed by atoms with E-state index in [1.54, 1.807) is 0 Å². The summed E-state index contributed by atoms with van der Waals surface area (Å²) in [5.41, 5.74) is 1.04. The molecule has 2 amide bonds. The number of hydrogen-bond acceptors (Lipinski definition) is 5. The van der Waals surface area contributed by atoms with Gasteiger partial charge in [0.25, 0.3) is 0 Å². The molecule has 7 nitrogen and oxygen atoms in total. The minimum atomic E-state index is -0.881. The van der Waals surface area contributed by atoms with E-state index in [9.17, 15) is 9.59 Å². The minimum Gasteiger partial charge on any atom is -0.481 e. The van der Waals surface area contributed by atoms with Gasteiger partial charge in [0, 0.05) is 18.9 Å². The number of urea groups is 1. The predicted molar refractivity (Wildman–Crippen MR) is 96.9 cm³/mol. The van der Waals surface area contributed by atoms with Gasteiger partial charge in [0.05, 0.1) is 0 Å². The zero-order valence-electron chi connectivity index (χ0n) is 14.1. The molecule has 2 aromatic rings. The normalized spacial score (nSPS) is 11.7. The second-order valence-corrected chi connectivity index (χ2v) is 6.73. The molecular weight excluding hydrogens is 340 g/mol. The Bertz CT molecular complexity index is 690. The lowest BCUT2D eigenvalue weighted by Gasteiger charge is -2.18. The molecule has 1 heterocycles. The van der Waals surface area contributed by atoms with Crippen molar-refractivity contribution in [3.05, 3.63) is 40.9 Å². The van der Waals surface area contributed by atoms with Gasteiger partial charge in [-0.3, -0.25) is 10.1 Å². The van der Waals surface area contributed by atoms with Gasteiger partial charge >= 0.3 is 12.0 Å². The van der Waals surface area contributed by atoms with Crippen LogP contribution in [0.15, 0.2) is 30.3 Å². The Hall–Kier alpha value is -2.48. The molecule has 0 fully saturated rings. The van der Waals surface area contributed by atoms with E-state index in [-0.39, 0.29) is 12.5 Å². The van der Waals surface area contributed by atoms with Crippen molar-refractivity contribution in [2.75, 3.05) is 5.32 Å². The molecule has 0 radical (unpaired) electrons. The Morgan fingerprint density at radius 1 is 1.24 bits per heavy atom. The second kappa shape index (κ2) is 9.73. The monoisotopic (exact) mass is 362 g/mol. The van der Waals surface area contributed by atoms with Gasteiger partial charge in [-0.05, 0) is 24.8 Å². The van der Waals surface area contributed by atoms with E-state index in [1.807, 2.05) is 30.3 Å². The highest BCUT2D eigenvalue weighted by molar-refractivity contribution is 7.15. The minimum absolute atomic E-state index is 0.00274. The number of anilines is 1. The summed E-state index contributed by atoms with van der Waals surface area (Å²) in [4.78, 5) is 23.0. The van der Waals surface area contributed by atoms with Gasteiger partial charge in [-0.15, -0.1) is 10.2 Å². The van der Waals surface area contributed by atoms with E-state index in [1.165, 1.54) is 11.3 Å². The van der Waals surface area contributed by atoms with Crippen LogP contribution < -0.4 is 10.6 Å². The Balaban J connectivity index is 1.93. The first kappa shape index (κ1) is 18.9. The molecule has 0 aliphatic carbocycles. The maximum absolute atomic E-state index is 12.2. The number of nitrogens with one attached hydrogen (secondary N) is 2. The van der Waals surface area contributed by atoms with Crippen LogP contribution in [0.5, 0.6) is 0 Å². The van der Waals surface area contributed by atoms with Crippen LogP contribution >= 0.6 is 11.3 Å². The van der Waals surface area contributed by atoms with Gasteiger partial charge < -0.3 is 10.4 Å². The van der Waals surface area contributed by atoms with Crippen molar-refractivity contribution in [1.82, 2.24) is 15.5 Å². The van der Waals surface area contributed by atoms with Gasteiger partial charge in [-0.2, -0.15) is 0 Å². The number of carbonyl (C=O) groups is 2. The highest BCUT2D eigenvalue weighted by Gasteiger charge is 2.16. The molecule has 25 heavy (non-hydrogen) atoms. The Morgan fingerprint density at radius 3 is 2.68 bits per heavy atom. The topological polar surface area (TPSA) is 104 Å². The van der Waals surface area contributed by atoms with Crippen molar-refractivity contribution < 1.29 is 14.7 Å². The van der Waals surface area contributed by atoms with E-state index < -0.39 is 12.0 Å². The molecule has 0 spiro atoms. The Kier molecular flexibility index (Phi) is 7.34. The first-order valence-electron chi connectivity index (χ1n) is 8.22. The van der Waals surface area contributed by atoms with Crippen molar-refractivity contribution in [2.45, 2.75) is 45.1 Å². The van der Waals surface area contributed by atoms with Crippen molar-refractivity contribution in [3.63, 3.8) is 0 Å². The molecule has 0 saturated heterocycles. The number of amides is 2. The summed E-state index contributed by atoms with van der Waals surface area (Å²) in [6.07, 6.45) is 2.72. The summed E-state index contributed by atoms with van der Waals surface area (Å²) in [6.45, 7) is 2.05. The van der Waals surface area contributed by atoms with Crippen LogP contribution in [-0.4, -0.2) is 33.3 Å². The molecule has 1 atom stereocenters. The van der Waals surface area contributed by atoms with E-state index >= 15 is 0 Å². The zero-order valence-corrected chi connectivity index (χ0v) is 14.9. The molecule has 0 aliphatic heterocycles. The number of aromatic nitrogens is 2. The van der Waals surface area contributed by atoms with Crippen LogP contribution in [0.2, 0.25) is 0 Å². The Labute approximate surface area is 150 Å². The lowest BCUT2D eigenvalue weighted by Crippen LogP contribution is -2.39. The van der Waals surface area contributed by atoms with Crippen LogP contribution in [-0.2, 0) is 17.6 Å². The standard InChI is InChI=1S/C17H22N4O3S/c1-2-6-14-20-21-17(25-14)19-16(24)18-13(9-10-15(22)23)11-12-7-4-3-5-8-12/h3-5,7-8,13H,2,6,9-11H2,1H3,(H,22,23)(H2,18,19,21,24). The van der Waals surface area contributed by atoms with Gasteiger partial charge in [0.1, 0.15) is 5.01 Å². The SMILES string of the molecule is CCCc1nnc(NC(=O)NC(CCC(=O)O)Cc2ccccc2)s1. The number of aryl methyl sites for hydroxylation is 1. The maximum atomic E-state index is 12.2. The van der Waals surface area contributed by atoms with Crippen molar-refractivity contribution in [3.8, 4) is 0 Å². The molecule has 1 aromatic heterocycles. The summed E-state index contributed by atoms with van der Waals surface area (Å²) >= 11 is 1.35. The van der Waals surface area contributed by atoms with Crippen LogP contribution in [0.25, 0.3) is 0 Å². The van der Waals surface area contributed by atoms with Crippen LogP contribution in [0, 0.1) is 0 Å². The number of benzene rings is 1. The maximum Gasteiger partial charge on any atom is 0.321 e. The average molecular weight is 362 g/mol. The third-order valence-corrected chi connectivity index (χ3v) is 4.42. The predicted octanol–water partition coefficient (Wildman–Crippen LogP) is 3.09. The fourth-order valence-electron chi connectivity index (χ4n) is 2.36. The zero-order chi connectivity index (χ0) is 18.1. The first-order valence-corrected chi connectivity index (χ1v) is 9.04. The highest BCUT2D eigenvalue weighted by atomic mass is 32.1. The quantitative estimate of drug-likeness (QED) is 0.636. The van der Waals surface area contributed by atoms with Gasteiger partial charge in [0.2, 0.25) is 5.13 Å². The summed E-state index contributed by atoms with van der Waals surface area (Å²) in [5, 5.41) is 23.7. The Morgan fingerprint density at radius 2 is 2.00 bits per heavy atom. The number of hydrogen-bond donors (Lipinski definition) is 3. The summed E-state index contributed by atoms with van der Waals surface area (Å²) in [7, 11) is 0. The smallest absolute Gasteiger partial charge is 0.321 e. The number of carbonyl (C=O) groups excluding carboxylic acids is 1. The molecule has 0 bridgehead atoms. The molecule has 134 valence electrons. The summed E-state index contributed by atoms with van der Waals surface area (Å²) in [5.74, 6) is -0.881. The summed E-state index contributed by atoms with van der Waals surface area (Å²) < 4.78 is 0. The largest absolute Gasteiger partial charge is 0.481 e. The molecular formula is C17H22N4O3S. The van der Waals surface area contributed by atoms with E-state index in [2.05, 4.69) is 27.8 Å². The number of aliphatic carboxylic acids is 1. The molecule has 3 N–H and O–H groups in total. The lowest BCUT2D eigenvalue weighted by molar-refractivity contribution is -0.137. The molecule has 1 aromatic carbocycles. The van der Waals surface area contributed by atoms with Crippen molar-refractivity contribution in [1.29, 1.82) is 0 Å². The van der Waals surface area contributed by atoms with Gasteiger partial charge in [0.15, 0.2) is 0 Å². The third kappa shape index (κ3) is 6.88. The number of carboxylic acids is 1. The van der Waals surface area contributed by atoms with Crippen LogP contribution in [0.4, 0.5) is 9.93 Å². The first-order chi connectivity index (χ1) is 12.1. The molecule has 8 heteroatoms. The van der Waals surface area contributed by atoms with E-state index in [0.29, 0.717) is 18.0 Å².